The first-order valence-electron chi connectivity index (χ1n) is 8.61. The van der Waals surface area contributed by atoms with Crippen LogP contribution in [0.2, 0.25) is 0 Å². The highest BCUT2D eigenvalue weighted by atomic mass is 16.6. The Balaban J connectivity index is 2.20. The maximum atomic E-state index is 13.1. The van der Waals surface area contributed by atoms with Crippen LogP contribution >= 0.6 is 0 Å². The summed E-state index contributed by atoms with van der Waals surface area (Å²) < 4.78 is 16.0. The molecule has 7 nitrogen and oxygen atoms in total. The molecule has 1 aromatic rings. The number of Topliss-reactive ketones (excluding diaryl/α,β-unsaturated/α-hetero) is 1. The second-order valence-electron chi connectivity index (χ2n) is 6.24. The number of carbonyl (C=O) groups excluding carboxylic acids is 3. The summed E-state index contributed by atoms with van der Waals surface area (Å²) in [6, 6.07) is 8.89. The van der Waals surface area contributed by atoms with Gasteiger partial charge in [-0.05, 0) is 19.4 Å². The smallest absolute Gasteiger partial charge is 0.323 e. The van der Waals surface area contributed by atoms with Gasteiger partial charge in [-0.25, -0.2) is 4.99 Å². The Morgan fingerprint density at radius 2 is 1.88 bits per heavy atom. The molecule has 1 fully saturated rings. The second-order valence-corrected chi connectivity index (χ2v) is 6.24. The minimum absolute atomic E-state index is 0.0131. The zero-order valence-electron chi connectivity index (χ0n) is 15.0. The van der Waals surface area contributed by atoms with Gasteiger partial charge in [0.05, 0.1) is 13.2 Å². The van der Waals surface area contributed by atoms with Crippen molar-refractivity contribution >= 4 is 23.6 Å². The first-order chi connectivity index (χ1) is 12.4. The predicted molar refractivity (Wildman–Crippen MR) is 91.4 cm³/mol. The number of hydrogen-bond donors (Lipinski definition) is 0. The average molecular weight is 359 g/mol. The van der Waals surface area contributed by atoms with Crippen molar-refractivity contribution in [2.24, 2.45) is 10.4 Å². The maximum absolute atomic E-state index is 13.1. The summed E-state index contributed by atoms with van der Waals surface area (Å²) in [4.78, 5) is 42.1. The highest BCUT2D eigenvalue weighted by Crippen LogP contribution is 2.64. The SMILES string of the molecule is CCOC(=O)[C@]12C[C@@H](OC(C)=O)[C@@]1(c1ccccc1)N=C(OCC)C2=O. The molecule has 0 N–H and O–H groups in total. The number of ether oxygens (including phenoxy) is 3. The van der Waals surface area contributed by atoms with E-state index in [0.717, 1.165) is 0 Å². The van der Waals surface area contributed by atoms with Crippen molar-refractivity contribution in [3.63, 3.8) is 0 Å². The fraction of sp³-hybridized carbons (Fsp3) is 0.474. The maximum Gasteiger partial charge on any atom is 0.323 e. The average Bonchev–Trinajstić information content (AvgIpc) is 2.80. The van der Waals surface area contributed by atoms with E-state index in [-0.39, 0.29) is 25.5 Å². The third-order valence-electron chi connectivity index (χ3n) is 4.90. The van der Waals surface area contributed by atoms with Crippen molar-refractivity contribution in [3.05, 3.63) is 35.9 Å². The molecule has 0 unspecified atom stereocenters. The van der Waals surface area contributed by atoms with Gasteiger partial charge in [0.2, 0.25) is 5.78 Å². The van der Waals surface area contributed by atoms with Crippen LogP contribution in [0, 0.1) is 5.41 Å². The van der Waals surface area contributed by atoms with E-state index in [1.807, 2.05) is 6.07 Å². The first-order valence-corrected chi connectivity index (χ1v) is 8.61. The van der Waals surface area contributed by atoms with Gasteiger partial charge in [-0.3, -0.25) is 14.4 Å². The molecule has 1 aliphatic carbocycles. The van der Waals surface area contributed by atoms with E-state index in [1.165, 1.54) is 6.92 Å². The van der Waals surface area contributed by atoms with Crippen molar-refractivity contribution in [2.75, 3.05) is 13.2 Å². The van der Waals surface area contributed by atoms with Crippen LogP contribution in [0.15, 0.2) is 35.3 Å². The number of carbonyl (C=O) groups is 3. The number of hydrogen-bond acceptors (Lipinski definition) is 7. The van der Waals surface area contributed by atoms with Gasteiger partial charge in [-0.2, -0.15) is 0 Å². The zero-order valence-corrected chi connectivity index (χ0v) is 15.0. The van der Waals surface area contributed by atoms with Gasteiger partial charge >= 0.3 is 11.9 Å². The number of rotatable bonds is 5. The monoisotopic (exact) mass is 359 g/mol. The molecule has 3 rings (SSSR count). The highest BCUT2D eigenvalue weighted by Gasteiger charge is 2.81. The summed E-state index contributed by atoms with van der Waals surface area (Å²) in [6.07, 6.45) is -0.743. The second kappa shape index (κ2) is 6.55. The van der Waals surface area contributed by atoms with Crippen LogP contribution in [0.1, 0.15) is 32.8 Å². The summed E-state index contributed by atoms with van der Waals surface area (Å²) in [7, 11) is 0. The standard InChI is InChI=1S/C19H21NO6/c1-4-24-16-15(22)18(17(23)25-5-2)11-14(26-12(3)21)19(18,20-16)13-9-7-6-8-10-13/h6-10,14H,4-5,11H2,1-3H3/t14-,18-,19-/m1/s1. The topological polar surface area (TPSA) is 91.3 Å². The summed E-state index contributed by atoms with van der Waals surface area (Å²) in [5, 5.41) is 0. The molecular formula is C19H21NO6. The summed E-state index contributed by atoms with van der Waals surface area (Å²) in [6.45, 7) is 5.04. The number of ketones is 1. The van der Waals surface area contributed by atoms with Crippen molar-refractivity contribution < 1.29 is 28.6 Å². The molecule has 7 heteroatoms. The van der Waals surface area contributed by atoms with E-state index in [0.29, 0.717) is 5.56 Å². The highest BCUT2D eigenvalue weighted by molar-refractivity contribution is 6.45. The van der Waals surface area contributed by atoms with E-state index < -0.39 is 34.8 Å². The van der Waals surface area contributed by atoms with E-state index in [9.17, 15) is 14.4 Å². The van der Waals surface area contributed by atoms with Crippen molar-refractivity contribution in [1.29, 1.82) is 0 Å². The minimum Gasteiger partial charge on any atom is -0.476 e. The molecule has 0 saturated heterocycles. The Morgan fingerprint density at radius 1 is 1.19 bits per heavy atom. The van der Waals surface area contributed by atoms with Gasteiger partial charge in [-0.15, -0.1) is 0 Å². The predicted octanol–water partition coefficient (Wildman–Crippen LogP) is 1.78. The van der Waals surface area contributed by atoms with E-state index in [4.69, 9.17) is 14.2 Å². The number of aliphatic imine (C=N–C) groups is 1. The van der Waals surface area contributed by atoms with E-state index >= 15 is 0 Å². The third-order valence-corrected chi connectivity index (χ3v) is 4.90. The van der Waals surface area contributed by atoms with Gasteiger partial charge < -0.3 is 14.2 Å². The molecule has 2 aliphatic rings. The van der Waals surface area contributed by atoms with Crippen molar-refractivity contribution in [1.82, 2.24) is 0 Å². The molecular weight excluding hydrogens is 338 g/mol. The molecule has 1 heterocycles. The lowest BCUT2D eigenvalue weighted by molar-refractivity contribution is -0.200. The molecule has 3 atom stereocenters. The third kappa shape index (κ3) is 2.26. The number of esters is 2. The molecule has 138 valence electrons. The van der Waals surface area contributed by atoms with Crippen LogP contribution in [0.25, 0.3) is 0 Å². The van der Waals surface area contributed by atoms with Gasteiger partial charge in [0.1, 0.15) is 6.10 Å². The van der Waals surface area contributed by atoms with Crippen LogP contribution in [0.3, 0.4) is 0 Å². The van der Waals surface area contributed by atoms with Crippen molar-refractivity contribution in [3.8, 4) is 0 Å². The molecule has 1 aromatic carbocycles. The van der Waals surface area contributed by atoms with Crippen LogP contribution in [0.5, 0.6) is 0 Å². The zero-order chi connectivity index (χ0) is 18.9. The van der Waals surface area contributed by atoms with Gasteiger partial charge in [0.15, 0.2) is 11.0 Å². The number of nitrogens with zero attached hydrogens (tertiary/aromatic N) is 1. The molecule has 0 bridgehead atoms. The van der Waals surface area contributed by atoms with Crippen LogP contribution < -0.4 is 0 Å². The Morgan fingerprint density at radius 3 is 2.46 bits per heavy atom. The lowest BCUT2D eigenvalue weighted by atomic mass is 9.50. The largest absolute Gasteiger partial charge is 0.476 e. The normalized spacial score (nSPS) is 29.3. The Hall–Kier alpha value is -2.70. The van der Waals surface area contributed by atoms with Crippen LogP contribution in [-0.2, 0) is 34.1 Å². The summed E-state index contributed by atoms with van der Waals surface area (Å²) in [5.74, 6) is -1.82. The van der Waals surface area contributed by atoms with Crippen LogP contribution in [-0.4, -0.2) is 42.9 Å². The van der Waals surface area contributed by atoms with Gasteiger partial charge in [0, 0.05) is 13.3 Å². The van der Waals surface area contributed by atoms with Gasteiger partial charge in [0.25, 0.3) is 5.90 Å². The molecule has 0 radical (unpaired) electrons. The van der Waals surface area contributed by atoms with E-state index in [2.05, 4.69) is 4.99 Å². The molecule has 26 heavy (non-hydrogen) atoms. The lowest BCUT2D eigenvalue weighted by Crippen LogP contribution is -2.69. The molecule has 0 aromatic heterocycles. The molecule has 0 spiro atoms. The first kappa shape index (κ1) is 18.1. The van der Waals surface area contributed by atoms with E-state index in [1.54, 1.807) is 38.1 Å². The Bertz CT molecular complexity index is 773. The van der Waals surface area contributed by atoms with Crippen LogP contribution in [0.4, 0.5) is 0 Å². The lowest BCUT2D eigenvalue weighted by Gasteiger charge is -2.54. The fourth-order valence-electron chi connectivity index (χ4n) is 3.89. The quantitative estimate of drug-likeness (QED) is 0.588. The van der Waals surface area contributed by atoms with Gasteiger partial charge in [-0.1, -0.05) is 30.3 Å². The van der Waals surface area contributed by atoms with Crippen molar-refractivity contribution in [2.45, 2.75) is 38.8 Å². The fourth-order valence-corrected chi connectivity index (χ4v) is 3.89. The number of fused-ring (bicyclic) bond motifs is 1. The molecule has 1 saturated carbocycles. The number of benzene rings is 1. The summed E-state index contributed by atoms with van der Waals surface area (Å²) in [5.41, 5.74) is -2.34. The Labute approximate surface area is 151 Å². The molecule has 1 aliphatic heterocycles. The minimum atomic E-state index is -1.57. The molecule has 0 amide bonds. The summed E-state index contributed by atoms with van der Waals surface area (Å²) >= 11 is 0. The Kier molecular flexibility index (Phi) is 4.56.